The number of hydrogen-bond donors (Lipinski definition) is 2. The summed E-state index contributed by atoms with van der Waals surface area (Å²) in [7, 11) is 8.15. The monoisotopic (exact) mass is 625 g/mol. The third kappa shape index (κ3) is 26.1. The zero-order chi connectivity index (χ0) is 32.8. The molecular weight excluding hydrogens is 544 g/mol. The van der Waals surface area contributed by atoms with Crippen molar-refractivity contribution in [3.63, 3.8) is 0 Å². The highest BCUT2D eigenvalue weighted by atomic mass is 16.2. The molecule has 0 atom stereocenters. The zero-order valence-electron chi connectivity index (χ0n) is 30.9. The SMILES string of the molecule is CCCCCCCCCCCCNC(=O)[N+](C)(C)CCCCCCCC[N+](C)(C)C(=O)NCCCCCCCCCCCC. The van der Waals surface area contributed by atoms with Gasteiger partial charge in [0.15, 0.2) is 0 Å². The van der Waals surface area contributed by atoms with E-state index in [9.17, 15) is 9.59 Å². The minimum Gasteiger partial charge on any atom is -0.306 e. The van der Waals surface area contributed by atoms with Crippen molar-refractivity contribution < 1.29 is 18.6 Å². The molecule has 0 spiro atoms. The first-order valence-electron chi connectivity index (χ1n) is 19.4. The van der Waals surface area contributed by atoms with Gasteiger partial charge in [-0.3, -0.25) is 0 Å². The van der Waals surface area contributed by atoms with Gasteiger partial charge in [-0.25, -0.2) is 18.6 Å². The van der Waals surface area contributed by atoms with E-state index in [0.29, 0.717) is 8.97 Å². The Kier molecular flexibility index (Phi) is 28.5. The number of rotatable bonds is 31. The fourth-order valence-corrected chi connectivity index (χ4v) is 5.97. The lowest BCUT2D eigenvalue weighted by Gasteiger charge is -2.27. The topological polar surface area (TPSA) is 58.2 Å². The van der Waals surface area contributed by atoms with Crippen molar-refractivity contribution in [2.45, 2.75) is 181 Å². The summed E-state index contributed by atoms with van der Waals surface area (Å²) in [5.74, 6) is 0. The number of quaternary nitrogens is 2. The van der Waals surface area contributed by atoms with E-state index in [1.165, 1.54) is 141 Å². The Morgan fingerprint density at radius 2 is 0.591 bits per heavy atom. The van der Waals surface area contributed by atoms with Crippen LogP contribution in [-0.4, -0.2) is 75.4 Å². The van der Waals surface area contributed by atoms with E-state index >= 15 is 0 Å². The largest absolute Gasteiger partial charge is 0.416 e. The Morgan fingerprint density at radius 3 is 0.864 bits per heavy atom. The van der Waals surface area contributed by atoms with Crippen LogP contribution in [-0.2, 0) is 0 Å². The molecule has 6 heteroatoms. The molecule has 0 rings (SSSR count). The van der Waals surface area contributed by atoms with Gasteiger partial charge in [0.05, 0.1) is 41.3 Å². The van der Waals surface area contributed by atoms with E-state index in [1.807, 2.05) is 28.2 Å². The lowest BCUT2D eigenvalue weighted by atomic mass is 10.1. The maximum atomic E-state index is 12.7. The first-order valence-corrected chi connectivity index (χ1v) is 19.4. The minimum atomic E-state index is 0.160. The second-order valence-electron chi connectivity index (χ2n) is 14.8. The van der Waals surface area contributed by atoms with Crippen molar-refractivity contribution in [3.05, 3.63) is 0 Å². The van der Waals surface area contributed by atoms with Crippen LogP contribution in [0.15, 0.2) is 0 Å². The molecule has 0 saturated heterocycles. The predicted octanol–water partition coefficient (Wildman–Crippen LogP) is 10.7. The lowest BCUT2D eigenvalue weighted by molar-refractivity contribution is -0.809. The van der Waals surface area contributed by atoms with Crippen molar-refractivity contribution in [1.29, 1.82) is 0 Å². The number of urea groups is 2. The second kappa shape index (κ2) is 29.3. The third-order valence-electron chi connectivity index (χ3n) is 9.40. The number of amides is 4. The van der Waals surface area contributed by atoms with Crippen LogP contribution in [0.5, 0.6) is 0 Å². The van der Waals surface area contributed by atoms with E-state index in [1.54, 1.807) is 0 Å². The molecule has 0 aromatic carbocycles. The van der Waals surface area contributed by atoms with Gasteiger partial charge in [-0.2, -0.15) is 0 Å². The van der Waals surface area contributed by atoms with Crippen molar-refractivity contribution in [2.75, 3.05) is 54.4 Å². The number of carbonyl (C=O) groups excluding carboxylic acids is 2. The molecule has 4 amide bonds. The van der Waals surface area contributed by atoms with Gasteiger partial charge >= 0.3 is 12.1 Å². The third-order valence-corrected chi connectivity index (χ3v) is 9.40. The quantitative estimate of drug-likeness (QED) is 0.0595. The molecule has 0 saturated carbocycles. The molecule has 0 bridgehead atoms. The smallest absolute Gasteiger partial charge is 0.306 e. The van der Waals surface area contributed by atoms with Crippen molar-refractivity contribution in [2.24, 2.45) is 0 Å². The standard InChI is InChI=1S/C38H78N4O2/c1-7-9-11-13-15-17-19-21-25-29-33-39-37(43)41(3,4)35-31-27-23-24-28-32-36-42(5,6)38(44)40-34-30-26-22-20-18-16-14-12-10-8-2/h7-36H2,1-6H3/p+2. The summed E-state index contributed by atoms with van der Waals surface area (Å²) < 4.78 is 0.856. The predicted molar refractivity (Wildman–Crippen MR) is 192 cm³/mol. The molecule has 2 N–H and O–H groups in total. The Labute approximate surface area is 276 Å². The van der Waals surface area contributed by atoms with Crippen LogP contribution in [0.25, 0.3) is 0 Å². The second-order valence-corrected chi connectivity index (χ2v) is 14.8. The summed E-state index contributed by atoms with van der Waals surface area (Å²) in [5.41, 5.74) is 0. The van der Waals surface area contributed by atoms with Gasteiger partial charge in [-0.05, 0) is 38.5 Å². The van der Waals surface area contributed by atoms with Gasteiger partial charge in [0.1, 0.15) is 0 Å². The molecular formula is C38H80N4O2+2. The molecule has 0 fully saturated rings. The van der Waals surface area contributed by atoms with Crippen LogP contribution in [0, 0.1) is 0 Å². The molecule has 0 aliphatic rings. The number of unbranched alkanes of at least 4 members (excludes halogenated alkanes) is 23. The highest BCUT2D eigenvalue weighted by molar-refractivity contribution is 5.66. The molecule has 0 unspecified atom stereocenters. The minimum absolute atomic E-state index is 0.160. The van der Waals surface area contributed by atoms with Crippen LogP contribution in [0.4, 0.5) is 9.59 Å². The normalized spacial score (nSPS) is 12.0. The van der Waals surface area contributed by atoms with Crippen molar-refractivity contribution in [1.82, 2.24) is 10.6 Å². The maximum absolute atomic E-state index is 12.7. The summed E-state index contributed by atoms with van der Waals surface area (Å²) >= 11 is 0. The average molecular weight is 625 g/mol. The number of nitrogens with one attached hydrogen (secondary N) is 2. The zero-order valence-corrected chi connectivity index (χ0v) is 30.9. The fourth-order valence-electron chi connectivity index (χ4n) is 5.97. The van der Waals surface area contributed by atoms with E-state index in [0.717, 1.165) is 51.9 Å². The van der Waals surface area contributed by atoms with Gasteiger partial charge in [-0.15, -0.1) is 0 Å². The van der Waals surface area contributed by atoms with Crippen molar-refractivity contribution >= 4 is 12.1 Å². The van der Waals surface area contributed by atoms with E-state index in [4.69, 9.17) is 0 Å². The molecule has 44 heavy (non-hydrogen) atoms. The molecule has 262 valence electrons. The fraction of sp³-hybridized carbons (Fsp3) is 0.947. The first kappa shape index (κ1) is 42.9. The average Bonchev–Trinajstić information content (AvgIpc) is 2.99. The summed E-state index contributed by atoms with van der Waals surface area (Å²) in [5, 5.41) is 6.34. The van der Waals surface area contributed by atoms with E-state index in [2.05, 4.69) is 24.5 Å². The van der Waals surface area contributed by atoms with Crippen molar-refractivity contribution in [3.8, 4) is 0 Å². The van der Waals surface area contributed by atoms with Crippen LogP contribution >= 0.6 is 0 Å². The van der Waals surface area contributed by atoms with Gasteiger partial charge in [-0.1, -0.05) is 142 Å². The summed E-state index contributed by atoms with van der Waals surface area (Å²) in [6.45, 7) is 7.95. The van der Waals surface area contributed by atoms with Crippen LogP contribution in [0.2, 0.25) is 0 Å². The Morgan fingerprint density at radius 1 is 0.364 bits per heavy atom. The highest BCUT2D eigenvalue weighted by Crippen LogP contribution is 2.13. The number of carbonyl (C=O) groups is 2. The van der Waals surface area contributed by atoms with Crippen LogP contribution in [0.3, 0.4) is 0 Å². The lowest BCUT2D eigenvalue weighted by Crippen LogP contribution is -2.52. The highest BCUT2D eigenvalue weighted by Gasteiger charge is 2.26. The molecule has 0 aromatic rings. The number of hydrogen-bond acceptors (Lipinski definition) is 2. The molecule has 0 radical (unpaired) electrons. The molecule has 0 aliphatic carbocycles. The molecule has 6 nitrogen and oxygen atoms in total. The van der Waals surface area contributed by atoms with Crippen LogP contribution < -0.4 is 10.6 Å². The van der Waals surface area contributed by atoms with Gasteiger partial charge in [0.2, 0.25) is 0 Å². The molecule has 0 aliphatic heterocycles. The van der Waals surface area contributed by atoms with Gasteiger partial charge < -0.3 is 10.6 Å². The summed E-state index contributed by atoms with van der Waals surface area (Å²) in [4.78, 5) is 25.4. The Balaban J connectivity index is 3.70. The van der Waals surface area contributed by atoms with E-state index in [-0.39, 0.29) is 12.1 Å². The summed E-state index contributed by atoms with van der Waals surface area (Å²) in [6.07, 6.45) is 33.4. The number of nitrogens with zero attached hydrogens (tertiary/aromatic N) is 2. The Bertz CT molecular complexity index is 609. The van der Waals surface area contributed by atoms with Crippen LogP contribution in [0.1, 0.15) is 181 Å². The summed E-state index contributed by atoms with van der Waals surface area (Å²) in [6, 6.07) is 0.319. The first-order chi connectivity index (χ1) is 21.2. The molecule has 0 heterocycles. The maximum Gasteiger partial charge on any atom is 0.416 e. The van der Waals surface area contributed by atoms with E-state index < -0.39 is 0 Å². The van der Waals surface area contributed by atoms with Gasteiger partial charge in [0.25, 0.3) is 0 Å². The molecule has 0 aromatic heterocycles. The Hall–Kier alpha value is -1.14. The van der Waals surface area contributed by atoms with Gasteiger partial charge in [0, 0.05) is 13.1 Å².